The van der Waals surface area contributed by atoms with Gasteiger partial charge in [0.25, 0.3) is 0 Å². The Morgan fingerprint density at radius 3 is 2.76 bits per heavy atom. The van der Waals surface area contributed by atoms with Gasteiger partial charge in [-0.25, -0.2) is 4.79 Å². The van der Waals surface area contributed by atoms with Crippen LogP contribution in [0.3, 0.4) is 0 Å². The van der Waals surface area contributed by atoms with Gasteiger partial charge in [0, 0.05) is 19.8 Å². The van der Waals surface area contributed by atoms with Crippen molar-refractivity contribution in [3.8, 4) is 0 Å². The second kappa shape index (κ2) is 6.42. The minimum atomic E-state index is -1.05. The summed E-state index contributed by atoms with van der Waals surface area (Å²) >= 11 is 0. The molecule has 1 rings (SSSR count). The van der Waals surface area contributed by atoms with E-state index in [2.05, 4.69) is 12.2 Å². The van der Waals surface area contributed by atoms with Gasteiger partial charge in [0.15, 0.2) is 0 Å². The first-order valence-corrected chi connectivity index (χ1v) is 5.62. The van der Waals surface area contributed by atoms with Crippen LogP contribution >= 0.6 is 0 Å². The van der Waals surface area contributed by atoms with E-state index in [0.29, 0.717) is 12.4 Å². The van der Waals surface area contributed by atoms with Crippen LogP contribution in [0.5, 0.6) is 0 Å². The fourth-order valence-electron chi connectivity index (χ4n) is 1.59. The van der Waals surface area contributed by atoms with E-state index < -0.39 is 5.97 Å². The molecule has 2 N–H and O–H groups in total. The van der Waals surface area contributed by atoms with Gasteiger partial charge in [0.2, 0.25) is 5.76 Å². The van der Waals surface area contributed by atoms with Crippen molar-refractivity contribution in [2.75, 3.05) is 13.7 Å². The molecule has 0 saturated carbocycles. The molecule has 0 spiro atoms. The van der Waals surface area contributed by atoms with Crippen molar-refractivity contribution in [1.29, 1.82) is 0 Å². The minimum Gasteiger partial charge on any atom is -0.475 e. The lowest BCUT2D eigenvalue weighted by Crippen LogP contribution is -2.29. The number of aromatic carboxylic acids is 1. The average Bonchev–Trinajstić information content (AvgIpc) is 2.75. The molecule has 0 amide bonds. The van der Waals surface area contributed by atoms with Crippen LogP contribution in [-0.2, 0) is 4.74 Å². The van der Waals surface area contributed by atoms with Gasteiger partial charge in [-0.05, 0) is 32.4 Å². The predicted molar refractivity (Wildman–Crippen MR) is 63.2 cm³/mol. The first-order valence-electron chi connectivity index (χ1n) is 5.62. The average molecular weight is 241 g/mol. The van der Waals surface area contributed by atoms with Gasteiger partial charge in [-0.3, -0.25) is 0 Å². The molecular weight excluding hydrogens is 222 g/mol. The summed E-state index contributed by atoms with van der Waals surface area (Å²) in [4.78, 5) is 10.7. The zero-order valence-corrected chi connectivity index (χ0v) is 10.4. The lowest BCUT2D eigenvalue weighted by atomic mass is 10.2. The Balaban J connectivity index is 2.51. The van der Waals surface area contributed by atoms with Gasteiger partial charge < -0.3 is 19.6 Å². The number of furan rings is 1. The third-order valence-electron chi connectivity index (χ3n) is 2.55. The van der Waals surface area contributed by atoms with E-state index in [1.807, 2.05) is 6.92 Å². The Hall–Kier alpha value is -1.33. The largest absolute Gasteiger partial charge is 0.475 e. The van der Waals surface area contributed by atoms with Crippen molar-refractivity contribution in [1.82, 2.24) is 5.32 Å². The Kier molecular flexibility index (Phi) is 5.18. The normalized spacial score (nSPS) is 14.5. The van der Waals surface area contributed by atoms with Gasteiger partial charge in [-0.1, -0.05) is 0 Å². The van der Waals surface area contributed by atoms with Gasteiger partial charge in [0.1, 0.15) is 5.76 Å². The van der Waals surface area contributed by atoms with E-state index in [1.165, 1.54) is 6.07 Å². The predicted octanol–water partition coefficient (Wildman–Crippen LogP) is 2.05. The van der Waals surface area contributed by atoms with Crippen LogP contribution in [0.15, 0.2) is 16.5 Å². The molecule has 0 aliphatic heterocycles. The molecule has 2 unspecified atom stereocenters. The van der Waals surface area contributed by atoms with E-state index >= 15 is 0 Å². The SMILES string of the molecule is COCCC(C)NC(C)c1ccc(C(=O)O)o1. The lowest BCUT2D eigenvalue weighted by Gasteiger charge is -2.18. The Morgan fingerprint density at radius 1 is 1.53 bits per heavy atom. The van der Waals surface area contributed by atoms with Crippen LogP contribution in [0.4, 0.5) is 0 Å². The van der Waals surface area contributed by atoms with E-state index in [0.717, 1.165) is 6.42 Å². The van der Waals surface area contributed by atoms with Crippen LogP contribution in [0.1, 0.15) is 42.6 Å². The summed E-state index contributed by atoms with van der Waals surface area (Å²) in [6.45, 7) is 4.68. The molecule has 0 aromatic carbocycles. The maximum atomic E-state index is 10.7. The third kappa shape index (κ3) is 4.20. The van der Waals surface area contributed by atoms with Gasteiger partial charge >= 0.3 is 5.97 Å². The standard InChI is InChI=1S/C12H19NO4/c1-8(6-7-16-3)13-9(2)10-4-5-11(17-10)12(14)15/h4-5,8-9,13H,6-7H2,1-3H3,(H,14,15). The molecule has 5 nitrogen and oxygen atoms in total. The fraction of sp³-hybridized carbons (Fsp3) is 0.583. The maximum Gasteiger partial charge on any atom is 0.371 e. The molecule has 0 aliphatic rings. The molecule has 0 aliphatic carbocycles. The summed E-state index contributed by atoms with van der Waals surface area (Å²) in [7, 11) is 1.67. The first kappa shape index (κ1) is 13.7. The minimum absolute atomic E-state index is 0.0186. The Bertz CT molecular complexity index is 361. The third-order valence-corrected chi connectivity index (χ3v) is 2.55. The monoisotopic (exact) mass is 241 g/mol. The van der Waals surface area contributed by atoms with Crippen LogP contribution in [0.2, 0.25) is 0 Å². The maximum absolute atomic E-state index is 10.7. The molecule has 96 valence electrons. The van der Waals surface area contributed by atoms with Crippen LogP contribution in [0, 0.1) is 0 Å². The van der Waals surface area contributed by atoms with Crippen molar-refractivity contribution in [3.63, 3.8) is 0 Å². The van der Waals surface area contributed by atoms with E-state index in [4.69, 9.17) is 14.3 Å². The quantitative estimate of drug-likeness (QED) is 0.764. The number of hydrogen-bond acceptors (Lipinski definition) is 4. The molecule has 0 radical (unpaired) electrons. The van der Waals surface area contributed by atoms with Gasteiger partial charge in [-0.15, -0.1) is 0 Å². The number of rotatable bonds is 7. The second-order valence-electron chi connectivity index (χ2n) is 4.08. The van der Waals surface area contributed by atoms with Crippen LogP contribution in [0.25, 0.3) is 0 Å². The highest BCUT2D eigenvalue weighted by Gasteiger charge is 2.15. The fourth-order valence-corrected chi connectivity index (χ4v) is 1.59. The van der Waals surface area contributed by atoms with Crippen molar-refractivity contribution in [2.24, 2.45) is 0 Å². The molecule has 2 atom stereocenters. The van der Waals surface area contributed by atoms with Crippen molar-refractivity contribution in [3.05, 3.63) is 23.7 Å². The highest BCUT2D eigenvalue weighted by atomic mass is 16.5. The molecule has 0 fully saturated rings. The molecule has 1 aromatic heterocycles. The summed E-state index contributed by atoms with van der Waals surface area (Å²) in [6.07, 6.45) is 0.896. The van der Waals surface area contributed by atoms with Crippen LogP contribution < -0.4 is 5.32 Å². The summed E-state index contributed by atoms with van der Waals surface area (Å²) in [5.74, 6) is -0.444. The number of nitrogens with one attached hydrogen (secondary N) is 1. The number of ether oxygens (including phenoxy) is 1. The first-order chi connectivity index (χ1) is 8.04. The molecule has 1 aromatic rings. The van der Waals surface area contributed by atoms with E-state index in [9.17, 15) is 4.79 Å². The number of hydrogen-bond donors (Lipinski definition) is 2. The molecule has 0 bridgehead atoms. The van der Waals surface area contributed by atoms with Gasteiger partial charge in [0.05, 0.1) is 6.04 Å². The summed E-state index contributed by atoms with van der Waals surface area (Å²) in [6, 6.07) is 3.41. The molecule has 1 heterocycles. The molecular formula is C12H19NO4. The zero-order valence-electron chi connectivity index (χ0n) is 10.4. The van der Waals surface area contributed by atoms with Crippen LogP contribution in [-0.4, -0.2) is 30.8 Å². The molecule has 0 saturated heterocycles. The smallest absolute Gasteiger partial charge is 0.371 e. The highest BCUT2D eigenvalue weighted by molar-refractivity contribution is 5.84. The highest BCUT2D eigenvalue weighted by Crippen LogP contribution is 2.17. The Morgan fingerprint density at radius 2 is 2.24 bits per heavy atom. The second-order valence-corrected chi connectivity index (χ2v) is 4.08. The van der Waals surface area contributed by atoms with Crippen molar-refractivity contribution in [2.45, 2.75) is 32.4 Å². The van der Waals surface area contributed by atoms with E-state index in [-0.39, 0.29) is 17.8 Å². The van der Waals surface area contributed by atoms with Gasteiger partial charge in [-0.2, -0.15) is 0 Å². The Labute approximate surface area is 101 Å². The zero-order chi connectivity index (χ0) is 12.8. The number of carboxylic acids is 1. The number of carboxylic acid groups (broad SMARTS) is 1. The number of carbonyl (C=O) groups is 1. The summed E-state index contributed by atoms with van der Waals surface area (Å²) in [5, 5.41) is 12.1. The lowest BCUT2D eigenvalue weighted by molar-refractivity contribution is 0.0659. The topological polar surface area (TPSA) is 71.7 Å². The van der Waals surface area contributed by atoms with Crippen molar-refractivity contribution < 1.29 is 19.1 Å². The summed E-state index contributed by atoms with van der Waals surface area (Å²) < 4.78 is 10.2. The molecule has 5 heteroatoms. The summed E-state index contributed by atoms with van der Waals surface area (Å²) in [5.41, 5.74) is 0. The van der Waals surface area contributed by atoms with Crippen molar-refractivity contribution >= 4 is 5.97 Å². The van der Waals surface area contributed by atoms with E-state index in [1.54, 1.807) is 13.2 Å². The molecule has 17 heavy (non-hydrogen) atoms. The number of methoxy groups -OCH3 is 1.